The highest BCUT2D eigenvalue weighted by Crippen LogP contribution is 2.25. The van der Waals surface area contributed by atoms with Crippen LogP contribution in [0.25, 0.3) is 0 Å². The number of carbonyl (C=O) groups is 2. The summed E-state index contributed by atoms with van der Waals surface area (Å²) in [6.07, 6.45) is 0. The standard InChI is InChI=1S/C29H33BrFN3O4S/c1-20(2)17-32-29(36)22(4)33(18-23-6-5-7-24(30)16-23)28(35)19-34(26-12-8-21(3)9-13-26)39(37,38)27-14-10-25(31)11-15-27/h5-16,20,22H,17-19H2,1-4H3,(H,32,36). The quantitative estimate of drug-likeness (QED) is 0.317. The van der Waals surface area contributed by atoms with Crippen LogP contribution in [0, 0.1) is 18.7 Å². The maximum absolute atomic E-state index is 13.9. The van der Waals surface area contributed by atoms with Crippen LogP contribution >= 0.6 is 15.9 Å². The van der Waals surface area contributed by atoms with Gasteiger partial charge in [-0.25, -0.2) is 12.8 Å². The van der Waals surface area contributed by atoms with Crippen LogP contribution in [0.4, 0.5) is 10.1 Å². The minimum absolute atomic E-state index is 0.0902. The van der Waals surface area contributed by atoms with Gasteiger partial charge < -0.3 is 10.2 Å². The second-order valence-corrected chi connectivity index (χ2v) is 12.5. The summed E-state index contributed by atoms with van der Waals surface area (Å²) in [7, 11) is -4.25. The van der Waals surface area contributed by atoms with E-state index in [9.17, 15) is 22.4 Å². The zero-order valence-electron chi connectivity index (χ0n) is 22.4. The van der Waals surface area contributed by atoms with Crippen molar-refractivity contribution in [2.24, 2.45) is 5.92 Å². The van der Waals surface area contributed by atoms with Gasteiger partial charge in [-0.3, -0.25) is 13.9 Å². The molecule has 39 heavy (non-hydrogen) atoms. The van der Waals surface area contributed by atoms with Gasteiger partial charge in [0, 0.05) is 17.6 Å². The Bertz CT molecular complexity index is 1400. The monoisotopic (exact) mass is 617 g/mol. The lowest BCUT2D eigenvalue weighted by atomic mass is 10.1. The summed E-state index contributed by atoms with van der Waals surface area (Å²) in [5.74, 6) is -1.26. The number of halogens is 2. The van der Waals surface area contributed by atoms with Gasteiger partial charge in [0.15, 0.2) is 0 Å². The Morgan fingerprint density at radius 3 is 2.21 bits per heavy atom. The number of carbonyl (C=O) groups excluding carboxylic acids is 2. The molecule has 0 aliphatic heterocycles. The molecule has 208 valence electrons. The minimum atomic E-state index is -4.25. The molecule has 0 aliphatic carbocycles. The van der Waals surface area contributed by atoms with Crippen molar-refractivity contribution in [1.29, 1.82) is 0 Å². The van der Waals surface area contributed by atoms with Crippen LogP contribution in [0.3, 0.4) is 0 Å². The second-order valence-electron chi connectivity index (χ2n) is 9.77. The van der Waals surface area contributed by atoms with Gasteiger partial charge in [0.2, 0.25) is 11.8 Å². The first-order chi connectivity index (χ1) is 18.4. The normalized spacial score (nSPS) is 12.2. The largest absolute Gasteiger partial charge is 0.354 e. The van der Waals surface area contributed by atoms with Crippen LogP contribution in [0.15, 0.2) is 82.2 Å². The zero-order chi connectivity index (χ0) is 28.7. The van der Waals surface area contributed by atoms with E-state index in [-0.39, 0.29) is 29.0 Å². The van der Waals surface area contributed by atoms with Crippen molar-refractivity contribution in [2.75, 3.05) is 17.4 Å². The van der Waals surface area contributed by atoms with Crippen molar-refractivity contribution in [3.05, 3.63) is 94.2 Å². The average Bonchev–Trinajstić information content (AvgIpc) is 2.89. The number of aryl methyl sites for hydroxylation is 1. The highest BCUT2D eigenvalue weighted by Gasteiger charge is 2.32. The average molecular weight is 619 g/mol. The fourth-order valence-corrected chi connectivity index (χ4v) is 5.70. The van der Waals surface area contributed by atoms with E-state index in [1.807, 2.05) is 45.0 Å². The Labute approximate surface area is 238 Å². The Balaban J connectivity index is 2.01. The summed E-state index contributed by atoms with van der Waals surface area (Å²) in [5.41, 5.74) is 1.96. The third-order valence-electron chi connectivity index (χ3n) is 6.10. The summed E-state index contributed by atoms with van der Waals surface area (Å²) in [6.45, 7) is 7.40. The molecule has 2 amide bonds. The van der Waals surface area contributed by atoms with E-state index < -0.39 is 34.3 Å². The van der Waals surface area contributed by atoms with Crippen molar-refractivity contribution < 1.29 is 22.4 Å². The van der Waals surface area contributed by atoms with E-state index in [0.29, 0.717) is 6.54 Å². The summed E-state index contributed by atoms with van der Waals surface area (Å²) in [4.78, 5) is 28.1. The molecule has 3 aromatic rings. The molecule has 0 saturated heterocycles. The van der Waals surface area contributed by atoms with Gasteiger partial charge in [-0.15, -0.1) is 0 Å². The van der Waals surface area contributed by atoms with Gasteiger partial charge in [0.05, 0.1) is 10.6 Å². The number of amides is 2. The number of anilines is 1. The molecule has 0 aliphatic rings. The van der Waals surface area contributed by atoms with Crippen molar-refractivity contribution in [3.8, 4) is 0 Å². The van der Waals surface area contributed by atoms with Gasteiger partial charge >= 0.3 is 0 Å². The van der Waals surface area contributed by atoms with Gasteiger partial charge in [-0.1, -0.05) is 59.6 Å². The molecule has 1 atom stereocenters. The summed E-state index contributed by atoms with van der Waals surface area (Å²) >= 11 is 3.43. The van der Waals surface area contributed by atoms with E-state index in [1.54, 1.807) is 31.2 Å². The number of nitrogens with zero attached hydrogens (tertiary/aromatic N) is 2. The minimum Gasteiger partial charge on any atom is -0.354 e. The van der Waals surface area contributed by atoms with Crippen LogP contribution < -0.4 is 9.62 Å². The second kappa shape index (κ2) is 13.2. The van der Waals surface area contributed by atoms with Crippen molar-refractivity contribution in [3.63, 3.8) is 0 Å². The molecule has 1 N–H and O–H groups in total. The topological polar surface area (TPSA) is 86.8 Å². The number of sulfonamides is 1. The Hall–Kier alpha value is -3.24. The first-order valence-electron chi connectivity index (χ1n) is 12.5. The predicted octanol–water partition coefficient (Wildman–Crippen LogP) is 5.28. The molecule has 0 fully saturated rings. The summed E-state index contributed by atoms with van der Waals surface area (Å²) in [6, 6.07) is 17.6. The lowest BCUT2D eigenvalue weighted by Gasteiger charge is -2.32. The molecule has 3 aromatic carbocycles. The Morgan fingerprint density at radius 2 is 1.62 bits per heavy atom. The van der Waals surface area contributed by atoms with E-state index in [0.717, 1.165) is 44.2 Å². The van der Waals surface area contributed by atoms with Crippen LogP contribution in [0.5, 0.6) is 0 Å². The fourth-order valence-electron chi connectivity index (χ4n) is 3.84. The number of nitrogens with one attached hydrogen (secondary N) is 1. The summed E-state index contributed by atoms with van der Waals surface area (Å²) in [5, 5.41) is 2.86. The molecule has 0 bridgehead atoms. The molecule has 10 heteroatoms. The molecule has 0 heterocycles. The van der Waals surface area contributed by atoms with Crippen molar-refractivity contribution in [2.45, 2.75) is 45.2 Å². The third kappa shape index (κ3) is 8.12. The maximum Gasteiger partial charge on any atom is 0.264 e. The van der Waals surface area contributed by atoms with E-state index >= 15 is 0 Å². The maximum atomic E-state index is 13.9. The number of hydrogen-bond donors (Lipinski definition) is 1. The van der Waals surface area contributed by atoms with Crippen LogP contribution in [-0.2, 0) is 26.2 Å². The molecule has 1 unspecified atom stereocenters. The Kier molecular flexibility index (Phi) is 10.3. The number of hydrogen-bond acceptors (Lipinski definition) is 4. The predicted molar refractivity (Wildman–Crippen MR) is 154 cm³/mol. The molecule has 0 radical (unpaired) electrons. The van der Waals surface area contributed by atoms with Crippen molar-refractivity contribution in [1.82, 2.24) is 10.2 Å². The fraction of sp³-hybridized carbons (Fsp3) is 0.310. The van der Waals surface area contributed by atoms with Crippen molar-refractivity contribution >= 4 is 43.5 Å². The Morgan fingerprint density at radius 1 is 0.974 bits per heavy atom. The highest BCUT2D eigenvalue weighted by molar-refractivity contribution is 9.10. The first kappa shape index (κ1) is 30.3. The van der Waals surface area contributed by atoms with E-state index in [2.05, 4.69) is 21.2 Å². The third-order valence-corrected chi connectivity index (χ3v) is 8.38. The van der Waals surface area contributed by atoms with Crippen LogP contribution in [0.1, 0.15) is 31.9 Å². The lowest BCUT2D eigenvalue weighted by molar-refractivity contribution is -0.139. The van der Waals surface area contributed by atoms with E-state index in [1.165, 1.54) is 4.90 Å². The number of rotatable bonds is 11. The van der Waals surface area contributed by atoms with E-state index in [4.69, 9.17) is 0 Å². The SMILES string of the molecule is Cc1ccc(N(CC(=O)N(Cc2cccc(Br)c2)C(C)C(=O)NCC(C)C)S(=O)(=O)c2ccc(F)cc2)cc1. The van der Waals surface area contributed by atoms with Gasteiger partial charge in [-0.05, 0) is 73.9 Å². The molecule has 0 aromatic heterocycles. The molecule has 3 rings (SSSR count). The molecule has 0 saturated carbocycles. The van der Waals surface area contributed by atoms with Gasteiger partial charge in [-0.2, -0.15) is 0 Å². The molecular formula is C29H33BrFN3O4S. The smallest absolute Gasteiger partial charge is 0.264 e. The number of benzene rings is 3. The first-order valence-corrected chi connectivity index (χ1v) is 14.8. The highest BCUT2D eigenvalue weighted by atomic mass is 79.9. The zero-order valence-corrected chi connectivity index (χ0v) is 24.8. The van der Waals surface area contributed by atoms with Crippen LogP contribution in [0.2, 0.25) is 0 Å². The van der Waals surface area contributed by atoms with Crippen LogP contribution in [-0.4, -0.2) is 44.3 Å². The molecular weight excluding hydrogens is 585 g/mol. The van der Waals surface area contributed by atoms with Gasteiger partial charge in [0.1, 0.15) is 18.4 Å². The van der Waals surface area contributed by atoms with Gasteiger partial charge in [0.25, 0.3) is 10.0 Å². The molecule has 7 nitrogen and oxygen atoms in total. The lowest BCUT2D eigenvalue weighted by Crippen LogP contribution is -2.51. The molecule has 0 spiro atoms. The summed E-state index contributed by atoms with van der Waals surface area (Å²) < 4.78 is 42.8.